The third-order valence-electron chi connectivity index (χ3n) is 3.26. The largest absolute Gasteiger partial charge is 0.329 e. The number of imidazole rings is 1. The molecule has 0 amide bonds. The summed E-state index contributed by atoms with van der Waals surface area (Å²) in [7, 11) is -1.47. The molecule has 0 spiro atoms. The number of para-hydroxylation sites is 1. The van der Waals surface area contributed by atoms with E-state index in [1.54, 1.807) is 16.8 Å². The fourth-order valence-corrected chi connectivity index (χ4v) is 3.45. The first-order valence-electron chi connectivity index (χ1n) is 6.26. The first-order valence-corrected chi connectivity index (χ1v) is 8.56. The zero-order valence-corrected chi connectivity index (χ0v) is 13.2. The van der Waals surface area contributed by atoms with E-state index in [2.05, 4.69) is 10.1 Å². The van der Waals surface area contributed by atoms with Gasteiger partial charge in [-0.05, 0) is 30.4 Å². The fraction of sp³-hybridized carbons (Fsp3) is 0.231. The van der Waals surface area contributed by atoms with Crippen molar-refractivity contribution in [2.45, 2.75) is 11.4 Å². The molecule has 0 atom stereocenters. The van der Waals surface area contributed by atoms with Crippen molar-refractivity contribution in [2.24, 2.45) is 7.05 Å². The second-order valence-electron chi connectivity index (χ2n) is 4.92. The van der Waals surface area contributed by atoms with Crippen molar-refractivity contribution < 1.29 is 8.42 Å². The standard InChI is InChI=1S/C13H14N4O2S2/c1-16-7-6-9(15-16)8-17-10-4-3-5-11(21(2,18)19)12(10)14-13(17)20/h3-7H,8H2,1-2H3,(H,14,20). The summed E-state index contributed by atoms with van der Waals surface area (Å²) in [5.74, 6) is 0. The molecule has 0 unspecified atom stereocenters. The number of aromatic amines is 1. The Balaban J connectivity index is 2.21. The van der Waals surface area contributed by atoms with Gasteiger partial charge >= 0.3 is 0 Å². The smallest absolute Gasteiger partial charge is 0.178 e. The van der Waals surface area contributed by atoms with Gasteiger partial charge in [0, 0.05) is 19.5 Å². The van der Waals surface area contributed by atoms with Gasteiger partial charge in [-0.1, -0.05) is 6.07 Å². The van der Waals surface area contributed by atoms with Gasteiger partial charge in [-0.25, -0.2) is 8.42 Å². The number of sulfone groups is 1. The molecule has 3 rings (SSSR count). The summed E-state index contributed by atoms with van der Waals surface area (Å²) in [5.41, 5.74) is 2.16. The van der Waals surface area contributed by atoms with Crippen LogP contribution in [-0.4, -0.2) is 34.0 Å². The van der Waals surface area contributed by atoms with Crippen LogP contribution in [0.2, 0.25) is 0 Å². The SMILES string of the molecule is Cn1ccc(Cn2c(=S)[nH]c3c(S(C)(=O)=O)cccc32)n1. The van der Waals surface area contributed by atoms with Gasteiger partial charge in [0.05, 0.1) is 28.2 Å². The molecule has 2 aromatic heterocycles. The zero-order valence-electron chi connectivity index (χ0n) is 11.6. The minimum atomic E-state index is -3.31. The number of H-pyrrole nitrogens is 1. The Hall–Kier alpha value is -1.93. The lowest BCUT2D eigenvalue weighted by molar-refractivity contribution is 0.602. The molecule has 1 aromatic carbocycles. The first kappa shape index (κ1) is 14.0. The molecule has 0 saturated carbocycles. The van der Waals surface area contributed by atoms with Crippen LogP contribution in [-0.2, 0) is 23.4 Å². The van der Waals surface area contributed by atoms with Crippen LogP contribution in [0, 0.1) is 4.77 Å². The van der Waals surface area contributed by atoms with Crippen LogP contribution >= 0.6 is 12.2 Å². The van der Waals surface area contributed by atoms with Crippen LogP contribution in [0.15, 0.2) is 35.4 Å². The van der Waals surface area contributed by atoms with Crippen molar-refractivity contribution in [1.82, 2.24) is 19.3 Å². The summed E-state index contributed by atoms with van der Waals surface area (Å²) >= 11 is 5.32. The number of aromatic nitrogens is 4. The monoisotopic (exact) mass is 322 g/mol. The predicted octanol–water partition coefficient (Wildman–Crippen LogP) is 1.88. The van der Waals surface area contributed by atoms with Crippen molar-refractivity contribution >= 4 is 33.1 Å². The quantitative estimate of drug-likeness (QED) is 0.747. The van der Waals surface area contributed by atoms with Crippen LogP contribution in [0.4, 0.5) is 0 Å². The van der Waals surface area contributed by atoms with Crippen LogP contribution in [0.5, 0.6) is 0 Å². The third kappa shape index (κ3) is 2.52. The van der Waals surface area contributed by atoms with E-state index in [1.807, 2.05) is 29.9 Å². The molecule has 0 saturated heterocycles. The number of nitrogens with one attached hydrogen (secondary N) is 1. The first-order chi connectivity index (χ1) is 9.86. The maximum atomic E-state index is 11.9. The van der Waals surface area contributed by atoms with Gasteiger partial charge < -0.3 is 9.55 Å². The number of hydrogen-bond acceptors (Lipinski definition) is 4. The number of rotatable bonds is 3. The van der Waals surface area contributed by atoms with E-state index in [1.165, 1.54) is 6.26 Å². The Labute approximate surface area is 126 Å². The summed E-state index contributed by atoms with van der Waals surface area (Å²) in [6.45, 7) is 0.493. The highest BCUT2D eigenvalue weighted by Gasteiger charge is 2.15. The number of hydrogen-bond donors (Lipinski definition) is 1. The van der Waals surface area contributed by atoms with Crippen molar-refractivity contribution in [3.05, 3.63) is 40.9 Å². The lowest BCUT2D eigenvalue weighted by Crippen LogP contribution is -2.02. The van der Waals surface area contributed by atoms with Crippen LogP contribution in [0.25, 0.3) is 11.0 Å². The van der Waals surface area contributed by atoms with Crippen molar-refractivity contribution in [3.8, 4) is 0 Å². The molecule has 6 nitrogen and oxygen atoms in total. The van der Waals surface area contributed by atoms with Crippen LogP contribution in [0.1, 0.15) is 5.69 Å². The highest BCUT2D eigenvalue weighted by atomic mass is 32.2. The summed E-state index contributed by atoms with van der Waals surface area (Å²) in [5, 5.41) is 4.32. The summed E-state index contributed by atoms with van der Waals surface area (Å²) in [6.07, 6.45) is 3.05. The Morgan fingerprint density at radius 3 is 2.71 bits per heavy atom. The molecule has 2 heterocycles. The normalized spacial score (nSPS) is 12.1. The maximum absolute atomic E-state index is 11.9. The lowest BCUT2D eigenvalue weighted by atomic mass is 10.3. The number of fused-ring (bicyclic) bond motifs is 1. The number of nitrogens with zero attached hydrogens (tertiary/aromatic N) is 3. The molecular formula is C13H14N4O2S2. The predicted molar refractivity (Wildman–Crippen MR) is 82.5 cm³/mol. The molecule has 3 aromatic rings. The van der Waals surface area contributed by atoms with E-state index in [9.17, 15) is 8.42 Å². The minimum absolute atomic E-state index is 0.255. The van der Waals surface area contributed by atoms with E-state index in [-0.39, 0.29) is 4.90 Å². The Kier molecular flexibility index (Phi) is 3.22. The van der Waals surface area contributed by atoms with E-state index in [0.717, 1.165) is 11.2 Å². The van der Waals surface area contributed by atoms with Crippen molar-refractivity contribution in [2.75, 3.05) is 6.26 Å². The molecule has 0 bridgehead atoms. The van der Waals surface area contributed by atoms with E-state index in [0.29, 0.717) is 16.8 Å². The third-order valence-corrected chi connectivity index (χ3v) is 4.72. The zero-order chi connectivity index (χ0) is 15.2. The Morgan fingerprint density at radius 1 is 1.33 bits per heavy atom. The maximum Gasteiger partial charge on any atom is 0.178 e. The second-order valence-corrected chi connectivity index (χ2v) is 7.29. The second kappa shape index (κ2) is 4.81. The van der Waals surface area contributed by atoms with Crippen molar-refractivity contribution in [1.29, 1.82) is 0 Å². The highest BCUT2D eigenvalue weighted by molar-refractivity contribution is 7.91. The molecular weight excluding hydrogens is 308 g/mol. The van der Waals surface area contributed by atoms with E-state index < -0.39 is 9.84 Å². The van der Waals surface area contributed by atoms with Gasteiger partial charge in [-0.3, -0.25) is 4.68 Å². The molecule has 0 aliphatic heterocycles. The molecule has 0 aliphatic carbocycles. The average molecular weight is 322 g/mol. The van der Waals surface area contributed by atoms with Crippen molar-refractivity contribution in [3.63, 3.8) is 0 Å². The summed E-state index contributed by atoms with van der Waals surface area (Å²) < 4.78 is 27.7. The fourth-order valence-electron chi connectivity index (χ4n) is 2.33. The topological polar surface area (TPSA) is 72.7 Å². The van der Waals surface area contributed by atoms with Gasteiger partial charge in [0.1, 0.15) is 0 Å². The molecule has 0 aliphatic rings. The molecule has 1 N–H and O–H groups in total. The lowest BCUT2D eigenvalue weighted by Gasteiger charge is -2.03. The van der Waals surface area contributed by atoms with Gasteiger partial charge in [0.25, 0.3) is 0 Å². The van der Waals surface area contributed by atoms with E-state index >= 15 is 0 Å². The average Bonchev–Trinajstić information content (AvgIpc) is 2.93. The highest BCUT2D eigenvalue weighted by Crippen LogP contribution is 2.23. The van der Waals surface area contributed by atoms with Gasteiger partial charge in [0.15, 0.2) is 14.6 Å². The summed E-state index contributed by atoms with van der Waals surface area (Å²) in [6, 6.07) is 7.05. The molecule has 0 radical (unpaired) electrons. The molecule has 8 heteroatoms. The molecule has 110 valence electrons. The van der Waals surface area contributed by atoms with Gasteiger partial charge in [0.2, 0.25) is 0 Å². The van der Waals surface area contributed by atoms with Crippen LogP contribution in [0.3, 0.4) is 0 Å². The molecule has 21 heavy (non-hydrogen) atoms. The van der Waals surface area contributed by atoms with E-state index in [4.69, 9.17) is 12.2 Å². The Morgan fingerprint density at radius 2 is 2.10 bits per heavy atom. The van der Waals surface area contributed by atoms with Gasteiger partial charge in [-0.2, -0.15) is 5.10 Å². The summed E-state index contributed by atoms with van der Waals surface area (Å²) in [4.78, 5) is 3.25. The van der Waals surface area contributed by atoms with Gasteiger partial charge in [-0.15, -0.1) is 0 Å². The number of aryl methyl sites for hydroxylation is 1. The molecule has 0 fully saturated rings. The van der Waals surface area contributed by atoms with Crippen LogP contribution < -0.4 is 0 Å². The minimum Gasteiger partial charge on any atom is -0.329 e. The number of benzene rings is 1. The Bertz CT molecular complexity index is 979.